The van der Waals surface area contributed by atoms with E-state index >= 15 is 0 Å². The Morgan fingerprint density at radius 2 is 1.74 bits per heavy atom. The summed E-state index contributed by atoms with van der Waals surface area (Å²) >= 11 is 0. The highest BCUT2D eigenvalue weighted by atomic mass is 16.5. The van der Waals surface area contributed by atoms with Crippen molar-refractivity contribution in [2.24, 2.45) is 0 Å². The number of carbonyl (C=O) groups is 1. The first-order valence-electron chi connectivity index (χ1n) is 8.85. The van der Waals surface area contributed by atoms with Gasteiger partial charge in [-0.05, 0) is 42.0 Å². The molecule has 5 heteroatoms. The van der Waals surface area contributed by atoms with Gasteiger partial charge in [-0.2, -0.15) is 0 Å². The number of hydrogen-bond acceptors (Lipinski definition) is 4. The molecule has 2 aromatic carbocycles. The molecule has 1 heterocycles. The molecule has 0 bridgehead atoms. The molecule has 0 fully saturated rings. The Hall–Kier alpha value is -3.34. The van der Waals surface area contributed by atoms with Crippen molar-refractivity contribution in [3.05, 3.63) is 90.3 Å². The third kappa shape index (κ3) is 5.85. The maximum atomic E-state index is 12.1. The van der Waals surface area contributed by atoms with Crippen molar-refractivity contribution in [2.75, 3.05) is 18.5 Å². The van der Waals surface area contributed by atoms with E-state index in [0.29, 0.717) is 19.7 Å². The maximum Gasteiger partial charge on any atom is 0.239 e. The Balaban J connectivity index is 1.43. The van der Waals surface area contributed by atoms with E-state index in [9.17, 15) is 4.79 Å². The third-order valence-corrected chi connectivity index (χ3v) is 4.10. The Bertz CT molecular complexity index is 836. The lowest BCUT2D eigenvalue weighted by Gasteiger charge is -2.18. The van der Waals surface area contributed by atoms with Crippen LogP contribution >= 0.6 is 0 Å². The lowest BCUT2D eigenvalue weighted by molar-refractivity contribution is -0.119. The minimum atomic E-state index is -0.0168. The molecule has 0 unspecified atom stereocenters. The van der Waals surface area contributed by atoms with Gasteiger partial charge >= 0.3 is 0 Å². The highest BCUT2D eigenvalue weighted by Crippen LogP contribution is 2.14. The van der Waals surface area contributed by atoms with Gasteiger partial charge < -0.3 is 15.0 Å². The zero-order chi connectivity index (χ0) is 18.9. The van der Waals surface area contributed by atoms with E-state index in [0.717, 1.165) is 22.7 Å². The number of pyridine rings is 1. The summed E-state index contributed by atoms with van der Waals surface area (Å²) in [7, 11) is 1.91. The highest BCUT2D eigenvalue weighted by Gasteiger charge is 2.07. The topological polar surface area (TPSA) is 54.5 Å². The van der Waals surface area contributed by atoms with Crippen molar-refractivity contribution in [3.8, 4) is 5.75 Å². The van der Waals surface area contributed by atoms with Crippen LogP contribution in [0, 0.1) is 0 Å². The summed E-state index contributed by atoms with van der Waals surface area (Å²) in [5, 5.41) is 2.95. The normalized spacial score (nSPS) is 10.3. The number of amides is 1. The van der Waals surface area contributed by atoms with Gasteiger partial charge in [-0.3, -0.25) is 9.78 Å². The second kappa shape index (κ2) is 9.38. The molecule has 1 amide bonds. The number of rotatable bonds is 8. The first-order valence-corrected chi connectivity index (χ1v) is 8.85. The minimum absolute atomic E-state index is 0.0168. The molecule has 0 radical (unpaired) electrons. The van der Waals surface area contributed by atoms with Gasteiger partial charge in [0.1, 0.15) is 12.4 Å². The molecule has 0 saturated heterocycles. The fraction of sp³-hybridized carbons (Fsp3) is 0.182. The van der Waals surface area contributed by atoms with E-state index < -0.39 is 0 Å². The van der Waals surface area contributed by atoms with Crippen LogP contribution in [0.4, 0.5) is 5.69 Å². The van der Waals surface area contributed by atoms with Crippen molar-refractivity contribution < 1.29 is 9.53 Å². The van der Waals surface area contributed by atoms with Gasteiger partial charge in [-0.25, -0.2) is 0 Å². The average molecular weight is 361 g/mol. The van der Waals surface area contributed by atoms with E-state index in [4.69, 9.17) is 4.74 Å². The van der Waals surface area contributed by atoms with E-state index in [-0.39, 0.29) is 5.91 Å². The van der Waals surface area contributed by atoms with Gasteiger partial charge in [0, 0.05) is 25.5 Å². The molecule has 138 valence electrons. The van der Waals surface area contributed by atoms with Crippen LogP contribution in [0.2, 0.25) is 0 Å². The van der Waals surface area contributed by atoms with Gasteiger partial charge in [0.05, 0.1) is 12.2 Å². The van der Waals surface area contributed by atoms with Gasteiger partial charge in [0.25, 0.3) is 0 Å². The molecule has 0 atom stereocenters. The first kappa shape index (κ1) is 18.5. The lowest BCUT2D eigenvalue weighted by Crippen LogP contribution is -2.34. The number of nitrogens with one attached hydrogen (secondary N) is 1. The fourth-order valence-electron chi connectivity index (χ4n) is 2.59. The molecule has 5 nitrogen and oxygen atoms in total. The van der Waals surface area contributed by atoms with Crippen molar-refractivity contribution in [1.29, 1.82) is 0 Å². The lowest BCUT2D eigenvalue weighted by atomic mass is 10.2. The molecule has 0 aliphatic rings. The van der Waals surface area contributed by atoms with Crippen LogP contribution in [0.1, 0.15) is 11.3 Å². The third-order valence-electron chi connectivity index (χ3n) is 4.10. The monoisotopic (exact) mass is 361 g/mol. The molecule has 1 N–H and O–H groups in total. The molecular weight excluding hydrogens is 338 g/mol. The number of aromatic nitrogens is 1. The van der Waals surface area contributed by atoms with Crippen LogP contribution in [-0.2, 0) is 17.9 Å². The second-order valence-corrected chi connectivity index (χ2v) is 6.22. The largest absolute Gasteiger partial charge is 0.487 e. The zero-order valence-corrected chi connectivity index (χ0v) is 15.3. The number of likely N-dealkylation sites (N-methyl/N-ethyl adjacent to an activating group) is 1. The van der Waals surface area contributed by atoms with E-state index in [2.05, 4.69) is 10.3 Å². The predicted octanol–water partition coefficient (Wildman–Crippen LogP) is 3.41. The minimum Gasteiger partial charge on any atom is -0.487 e. The Labute approximate surface area is 159 Å². The van der Waals surface area contributed by atoms with Gasteiger partial charge in [-0.15, -0.1) is 0 Å². The Morgan fingerprint density at radius 1 is 1.00 bits per heavy atom. The number of carbonyl (C=O) groups excluding carboxylic acids is 1. The number of anilines is 1. The van der Waals surface area contributed by atoms with Crippen molar-refractivity contribution in [3.63, 3.8) is 0 Å². The van der Waals surface area contributed by atoms with E-state index in [1.165, 1.54) is 0 Å². The maximum absolute atomic E-state index is 12.1. The number of nitrogens with zero attached hydrogens (tertiary/aromatic N) is 2. The second-order valence-electron chi connectivity index (χ2n) is 6.22. The molecule has 0 spiro atoms. The molecular formula is C22H23N3O2. The van der Waals surface area contributed by atoms with E-state index in [1.54, 1.807) is 6.20 Å². The molecule has 0 saturated carbocycles. The first-order chi connectivity index (χ1) is 13.2. The van der Waals surface area contributed by atoms with Crippen molar-refractivity contribution in [2.45, 2.75) is 13.2 Å². The summed E-state index contributed by atoms with van der Waals surface area (Å²) in [6, 6.07) is 23.3. The molecule has 0 aliphatic carbocycles. The molecule has 3 aromatic rings. The summed E-state index contributed by atoms with van der Waals surface area (Å²) in [5.74, 6) is 0.761. The number of hydrogen-bond donors (Lipinski definition) is 1. The van der Waals surface area contributed by atoms with Crippen molar-refractivity contribution in [1.82, 2.24) is 10.3 Å². The molecule has 1 aromatic heterocycles. The van der Waals surface area contributed by atoms with Crippen LogP contribution in [0.3, 0.4) is 0 Å². The van der Waals surface area contributed by atoms with Crippen LogP contribution in [0.5, 0.6) is 5.75 Å². The van der Waals surface area contributed by atoms with Gasteiger partial charge in [0.2, 0.25) is 5.91 Å². The number of benzene rings is 2. The predicted molar refractivity (Wildman–Crippen MR) is 107 cm³/mol. The Kier molecular flexibility index (Phi) is 6.41. The summed E-state index contributed by atoms with van der Waals surface area (Å²) in [4.78, 5) is 18.3. The van der Waals surface area contributed by atoms with Crippen LogP contribution < -0.4 is 15.0 Å². The van der Waals surface area contributed by atoms with Gasteiger partial charge in [0.15, 0.2) is 0 Å². The SMILES string of the molecule is CN(CC(=O)NCc1ccc(OCc2ccccn2)cc1)c1ccccc1. The highest BCUT2D eigenvalue weighted by molar-refractivity contribution is 5.81. The smallest absolute Gasteiger partial charge is 0.239 e. The van der Waals surface area contributed by atoms with Gasteiger partial charge in [-0.1, -0.05) is 36.4 Å². The number of ether oxygens (including phenoxy) is 1. The zero-order valence-electron chi connectivity index (χ0n) is 15.3. The standard InChI is InChI=1S/C22H23N3O2/c1-25(20-8-3-2-4-9-20)16-22(26)24-15-18-10-12-21(13-11-18)27-17-19-7-5-6-14-23-19/h2-14H,15-17H2,1H3,(H,24,26). The van der Waals surface area contributed by atoms with Crippen LogP contribution in [0.25, 0.3) is 0 Å². The molecule has 27 heavy (non-hydrogen) atoms. The Morgan fingerprint density at radius 3 is 2.44 bits per heavy atom. The summed E-state index contributed by atoms with van der Waals surface area (Å²) in [6.45, 7) is 1.24. The molecule has 3 rings (SSSR count). The summed E-state index contributed by atoms with van der Waals surface area (Å²) < 4.78 is 5.72. The molecule has 0 aliphatic heterocycles. The fourth-order valence-corrected chi connectivity index (χ4v) is 2.59. The van der Waals surface area contributed by atoms with Crippen LogP contribution in [-0.4, -0.2) is 24.5 Å². The quantitative estimate of drug-likeness (QED) is 0.668. The summed E-state index contributed by atoms with van der Waals surface area (Å²) in [5.41, 5.74) is 2.93. The number of para-hydroxylation sites is 1. The van der Waals surface area contributed by atoms with Crippen LogP contribution in [0.15, 0.2) is 79.0 Å². The summed E-state index contributed by atoms with van der Waals surface area (Å²) in [6.07, 6.45) is 1.75. The van der Waals surface area contributed by atoms with Crippen molar-refractivity contribution >= 4 is 11.6 Å². The average Bonchev–Trinajstić information content (AvgIpc) is 2.73. The van der Waals surface area contributed by atoms with E-state index in [1.807, 2.05) is 84.7 Å².